The lowest BCUT2D eigenvalue weighted by atomic mass is 10.3. The van der Waals surface area contributed by atoms with Gasteiger partial charge in [0.05, 0.1) is 23.1 Å². The number of fused-ring (bicyclic) bond motifs is 1. The molecule has 2 N–H and O–H groups in total. The lowest BCUT2D eigenvalue weighted by molar-refractivity contribution is -0.126. The predicted molar refractivity (Wildman–Crippen MR) is 93.3 cm³/mol. The Morgan fingerprint density at radius 3 is 2.76 bits per heavy atom. The fourth-order valence-electron chi connectivity index (χ4n) is 2.14. The topological polar surface area (TPSA) is 93.5 Å². The SMILES string of the molecule is O=C(COCc1nc2ccccc2s1)NCCNC(=O)c1ccco1. The van der Waals surface area contributed by atoms with Gasteiger partial charge in [-0.05, 0) is 24.3 Å². The number of nitrogens with one attached hydrogen (secondary N) is 2. The second-order valence-electron chi connectivity index (χ2n) is 5.15. The molecule has 0 saturated carbocycles. The number of benzene rings is 1. The van der Waals surface area contributed by atoms with Gasteiger partial charge in [0, 0.05) is 13.1 Å². The largest absolute Gasteiger partial charge is 0.459 e. The van der Waals surface area contributed by atoms with Crippen LogP contribution >= 0.6 is 11.3 Å². The molecule has 0 fully saturated rings. The van der Waals surface area contributed by atoms with Crippen molar-refractivity contribution in [2.75, 3.05) is 19.7 Å². The highest BCUT2D eigenvalue weighted by molar-refractivity contribution is 7.18. The molecule has 0 spiro atoms. The van der Waals surface area contributed by atoms with E-state index in [9.17, 15) is 9.59 Å². The van der Waals surface area contributed by atoms with Crippen LogP contribution in [0.1, 0.15) is 15.6 Å². The monoisotopic (exact) mass is 359 g/mol. The highest BCUT2D eigenvalue weighted by Gasteiger charge is 2.08. The number of aromatic nitrogens is 1. The molecule has 0 aliphatic heterocycles. The second-order valence-corrected chi connectivity index (χ2v) is 6.27. The molecule has 0 aliphatic rings. The smallest absolute Gasteiger partial charge is 0.287 e. The maximum Gasteiger partial charge on any atom is 0.287 e. The van der Waals surface area contributed by atoms with Crippen LogP contribution in [-0.2, 0) is 16.1 Å². The Labute approximate surface area is 148 Å². The van der Waals surface area contributed by atoms with Crippen LogP contribution < -0.4 is 10.6 Å². The number of ether oxygens (including phenoxy) is 1. The third-order valence-electron chi connectivity index (χ3n) is 3.27. The summed E-state index contributed by atoms with van der Waals surface area (Å²) >= 11 is 1.55. The molecule has 1 aromatic carbocycles. The molecule has 0 bridgehead atoms. The van der Waals surface area contributed by atoms with Gasteiger partial charge in [-0.2, -0.15) is 0 Å². The molecule has 25 heavy (non-hydrogen) atoms. The number of nitrogens with zero attached hydrogens (tertiary/aromatic N) is 1. The summed E-state index contributed by atoms with van der Waals surface area (Å²) in [5, 5.41) is 6.14. The summed E-state index contributed by atoms with van der Waals surface area (Å²) in [5.74, 6) is -0.315. The summed E-state index contributed by atoms with van der Waals surface area (Å²) in [6, 6.07) is 11.1. The van der Waals surface area contributed by atoms with E-state index in [0.717, 1.165) is 15.2 Å². The zero-order chi connectivity index (χ0) is 17.5. The van der Waals surface area contributed by atoms with Crippen molar-refractivity contribution in [1.82, 2.24) is 15.6 Å². The number of para-hydroxylation sites is 1. The maximum atomic E-state index is 11.7. The average Bonchev–Trinajstić information content (AvgIpc) is 3.27. The summed E-state index contributed by atoms with van der Waals surface area (Å²) in [5.41, 5.74) is 0.933. The molecule has 2 amide bonds. The minimum atomic E-state index is -0.314. The van der Waals surface area contributed by atoms with Gasteiger partial charge in [0.15, 0.2) is 5.76 Å². The first kappa shape index (κ1) is 17.1. The number of hydrogen-bond donors (Lipinski definition) is 2. The Morgan fingerprint density at radius 2 is 1.96 bits per heavy atom. The predicted octanol–water partition coefficient (Wildman–Crippen LogP) is 1.95. The Morgan fingerprint density at radius 1 is 1.12 bits per heavy atom. The van der Waals surface area contributed by atoms with Gasteiger partial charge in [-0.25, -0.2) is 4.98 Å². The van der Waals surface area contributed by atoms with Gasteiger partial charge in [0.1, 0.15) is 11.6 Å². The number of carbonyl (C=O) groups is 2. The van der Waals surface area contributed by atoms with Crippen molar-refractivity contribution in [3.8, 4) is 0 Å². The van der Waals surface area contributed by atoms with Crippen LogP contribution in [0.5, 0.6) is 0 Å². The van der Waals surface area contributed by atoms with E-state index in [4.69, 9.17) is 9.15 Å². The van der Waals surface area contributed by atoms with E-state index < -0.39 is 0 Å². The van der Waals surface area contributed by atoms with Crippen LogP contribution in [0.4, 0.5) is 0 Å². The summed E-state index contributed by atoms with van der Waals surface area (Å²) in [7, 11) is 0. The van der Waals surface area contributed by atoms with Crippen molar-refractivity contribution in [3.05, 3.63) is 53.4 Å². The molecule has 0 atom stereocenters. The van der Waals surface area contributed by atoms with Crippen LogP contribution in [0.3, 0.4) is 0 Å². The zero-order valence-corrected chi connectivity index (χ0v) is 14.2. The van der Waals surface area contributed by atoms with Gasteiger partial charge in [0.2, 0.25) is 5.91 Å². The molecular weight excluding hydrogens is 342 g/mol. The molecule has 0 radical (unpaired) electrons. The Kier molecular flexibility index (Phi) is 5.76. The molecule has 3 rings (SSSR count). The van der Waals surface area contributed by atoms with E-state index in [2.05, 4.69) is 15.6 Å². The number of furan rings is 1. The van der Waals surface area contributed by atoms with Gasteiger partial charge in [-0.1, -0.05) is 12.1 Å². The Hall–Kier alpha value is -2.71. The summed E-state index contributed by atoms with van der Waals surface area (Å²) in [4.78, 5) is 27.7. The molecule has 7 nitrogen and oxygen atoms in total. The van der Waals surface area contributed by atoms with E-state index in [1.54, 1.807) is 23.5 Å². The summed E-state index contributed by atoms with van der Waals surface area (Å²) < 4.78 is 11.4. The van der Waals surface area contributed by atoms with Gasteiger partial charge in [0.25, 0.3) is 5.91 Å². The van der Waals surface area contributed by atoms with Crippen molar-refractivity contribution in [2.45, 2.75) is 6.61 Å². The average molecular weight is 359 g/mol. The van der Waals surface area contributed by atoms with Crippen LogP contribution in [0.15, 0.2) is 47.1 Å². The van der Waals surface area contributed by atoms with E-state index in [1.807, 2.05) is 24.3 Å². The zero-order valence-electron chi connectivity index (χ0n) is 13.4. The lowest BCUT2D eigenvalue weighted by Gasteiger charge is -2.06. The number of rotatable bonds is 8. The summed E-state index contributed by atoms with van der Waals surface area (Å²) in [6.07, 6.45) is 1.43. The second kappa shape index (κ2) is 8.41. The highest BCUT2D eigenvalue weighted by atomic mass is 32.1. The molecule has 0 saturated heterocycles. The van der Waals surface area contributed by atoms with Crippen LogP contribution in [0.25, 0.3) is 10.2 Å². The lowest BCUT2D eigenvalue weighted by Crippen LogP contribution is -2.36. The van der Waals surface area contributed by atoms with Crippen molar-refractivity contribution in [2.24, 2.45) is 0 Å². The molecule has 0 unspecified atom stereocenters. The minimum absolute atomic E-state index is 0.0535. The fraction of sp³-hybridized carbons (Fsp3) is 0.235. The van der Waals surface area contributed by atoms with Gasteiger partial charge in [-0.15, -0.1) is 11.3 Å². The standard InChI is InChI=1S/C17H17N3O4S/c21-15(18-7-8-19-17(22)13-5-3-9-24-13)10-23-11-16-20-12-4-1-2-6-14(12)25-16/h1-6,9H,7-8,10-11H2,(H,18,21)(H,19,22). The van der Waals surface area contributed by atoms with E-state index in [1.165, 1.54) is 6.26 Å². The van der Waals surface area contributed by atoms with E-state index in [0.29, 0.717) is 19.7 Å². The molecule has 0 aliphatic carbocycles. The van der Waals surface area contributed by atoms with Crippen molar-refractivity contribution in [1.29, 1.82) is 0 Å². The highest BCUT2D eigenvalue weighted by Crippen LogP contribution is 2.21. The number of amides is 2. The number of carbonyl (C=O) groups excluding carboxylic acids is 2. The molecular formula is C17H17N3O4S. The third-order valence-corrected chi connectivity index (χ3v) is 4.28. The number of hydrogen-bond acceptors (Lipinski definition) is 6. The molecule has 2 aromatic heterocycles. The van der Waals surface area contributed by atoms with Gasteiger partial charge < -0.3 is 19.8 Å². The maximum absolute atomic E-state index is 11.7. The first-order chi connectivity index (χ1) is 12.2. The van der Waals surface area contributed by atoms with Crippen LogP contribution in [0, 0.1) is 0 Å². The summed E-state index contributed by atoms with van der Waals surface area (Å²) in [6.45, 7) is 0.864. The number of thiazole rings is 1. The third kappa shape index (κ3) is 4.88. The minimum Gasteiger partial charge on any atom is -0.459 e. The first-order valence-corrected chi connectivity index (χ1v) is 8.54. The quantitative estimate of drug-likeness (QED) is 0.600. The van der Waals surface area contributed by atoms with Gasteiger partial charge >= 0.3 is 0 Å². The van der Waals surface area contributed by atoms with E-state index >= 15 is 0 Å². The Bertz CT molecular complexity index is 812. The van der Waals surface area contributed by atoms with Crippen molar-refractivity contribution < 1.29 is 18.7 Å². The molecule has 3 aromatic rings. The van der Waals surface area contributed by atoms with Crippen LogP contribution in [-0.4, -0.2) is 36.5 Å². The van der Waals surface area contributed by atoms with Crippen molar-refractivity contribution in [3.63, 3.8) is 0 Å². The Balaban J connectivity index is 1.31. The molecule has 130 valence electrons. The molecule has 8 heteroatoms. The normalized spacial score (nSPS) is 10.7. The van der Waals surface area contributed by atoms with E-state index in [-0.39, 0.29) is 24.2 Å². The fourth-order valence-corrected chi connectivity index (χ4v) is 3.04. The van der Waals surface area contributed by atoms with Crippen LogP contribution in [0.2, 0.25) is 0 Å². The first-order valence-electron chi connectivity index (χ1n) is 7.73. The molecule has 2 heterocycles. The van der Waals surface area contributed by atoms with Gasteiger partial charge in [-0.3, -0.25) is 9.59 Å². The van der Waals surface area contributed by atoms with Crippen molar-refractivity contribution >= 4 is 33.4 Å².